The summed E-state index contributed by atoms with van der Waals surface area (Å²) in [4.78, 5) is 11.4. The first-order valence-electron chi connectivity index (χ1n) is 5.04. The van der Waals surface area contributed by atoms with Crippen molar-refractivity contribution in [3.63, 3.8) is 0 Å². The van der Waals surface area contributed by atoms with Crippen LogP contribution in [0.4, 0.5) is 0 Å². The number of hydrogen-bond donors (Lipinski definition) is 0. The fraction of sp³-hybridized carbons (Fsp3) is 0.417. The normalized spacial score (nSPS) is 27.5. The van der Waals surface area contributed by atoms with E-state index in [0.717, 1.165) is 5.56 Å². The summed E-state index contributed by atoms with van der Waals surface area (Å²) >= 11 is 0. The average Bonchev–Trinajstić information content (AvgIpc) is 3.06. The van der Waals surface area contributed by atoms with Crippen LogP contribution in [0.5, 0.6) is 0 Å². The molecule has 4 heteroatoms. The van der Waals surface area contributed by atoms with Crippen molar-refractivity contribution in [2.24, 2.45) is 0 Å². The molecule has 1 saturated heterocycles. The van der Waals surface area contributed by atoms with Crippen LogP contribution >= 0.6 is 0 Å². The summed E-state index contributed by atoms with van der Waals surface area (Å²) in [5.41, 5.74) is 0.274. The molecule has 0 amide bonds. The fourth-order valence-electron chi connectivity index (χ4n) is 1.87. The van der Waals surface area contributed by atoms with Gasteiger partial charge in [-0.3, -0.25) is 0 Å². The van der Waals surface area contributed by atoms with E-state index in [1.54, 1.807) is 7.11 Å². The van der Waals surface area contributed by atoms with Crippen molar-refractivity contribution in [2.75, 3.05) is 20.8 Å². The summed E-state index contributed by atoms with van der Waals surface area (Å²) in [6.07, 6.45) is -0.556. The number of hydrogen-bond acceptors (Lipinski definition) is 4. The SMILES string of the molecule is COCC1(c2ccccc2)OC1C(=O)OC. The minimum atomic E-state index is -0.664. The van der Waals surface area contributed by atoms with Crippen molar-refractivity contribution in [1.82, 2.24) is 0 Å². The van der Waals surface area contributed by atoms with Crippen LogP contribution in [-0.2, 0) is 24.6 Å². The van der Waals surface area contributed by atoms with Crippen molar-refractivity contribution in [1.29, 1.82) is 0 Å². The van der Waals surface area contributed by atoms with Gasteiger partial charge in [-0.25, -0.2) is 4.79 Å². The summed E-state index contributed by atoms with van der Waals surface area (Å²) in [7, 11) is 2.94. The lowest BCUT2D eigenvalue weighted by Crippen LogP contribution is -2.24. The summed E-state index contributed by atoms with van der Waals surface area (Å²) in [5, 5.41) is 0. The zero-order valence-electron chi connectivity index (χ0n) is 9.30. The van der Waals surface area contributed by atoms with Gasteiger partial charge in [0.25, 0.3) is 0 Å². The number of methoxy groups -OCH3 is 2. The number of ether oxygens (including phenoxy) is 3. The summed E-state index contributed by atoms with van der Waals surface area (Å²) < 4.78 is 15.3. The van der Waals surface area contributed by atoms with Gasteiger partial charge in [0, 0.05) is 7.11 Å². The first-order valence-corrected chi connectivity index (χ1v) is 5.04. The third kappa shape index (κ3) is 1.70. The van der Waals surface area contributed by atoms with E-state index in [-0.39, 0.29) is 5.97 Å². The predicted molar refractivity (Wildman–Crippen MR) is 56.9 cm³/mol. The van der Waals surface area contributed by atoms with E-state index in [9.17, 15) is 4.79 Å². The average molecular weight is 222 g/mol. The van der Waals surface area contributed by atoms with Crippen LogP contribution in [0.2, 0.25) is 0 Å². The Morgan fingerprint density at radius 2 is 2.06 bits per heavy atom. The van der Waals surface area contributed by atoms with Crippen LogP contribution in [0.1, 0.15) is 5.56 Å². The molecule has 86 valence electrons. The molecule has 2 rings (SSSR count). The van der Waals surface area contributed by atoms with E-state index in [1.165, 1.54) is 7.11 Å². The maximum absolute atomic E-state index is 11.4. The Kier molecular flexibility index (Phi) is 2.94. The third-order valence-electron chi connectivity index (χ3n) is 2.73. The van der Waals surface area contributed by atoms with Gasteiger partial charge < -0.3 is 14.2 Å². The van der Waals surface area contributed by atoms with E-state index in [1.807, 2.05) is 30.3 Å². The molecule has 0 aromatic heterocycles. The second-order valence-corrected chi connectivity index (χ2v) is 3.71. The number of esters is 1. The highest BCUT2D eigenvalue weighted by atomic mass is 16.7. The van der Waals surface area contributed by atoms with E-state index in [2.05, 4.69) is 4.74 Å². The molecule has 1 aromatic carbocycles. The lowest BCUT2D eigenvalue weighted by Gasteiger charge is -2.11. The molecule has 1 heterocycles. The molecule has 2 unspecified atom stereocenters. The molecule has 0 aliphatic carbocycles. The highest BCUT2D eigenvalue weighted by molar-refractivity contribution is 5.79. The van der Waals surface area contributed by atoms with Gasteiger partial charge in [-0.05, 0) is 5.56 Å². The van der Waals surface area contributed by atoms with Crippen molar-refractivity contribution in [3.05, 3.63) is 35.9 Å². The van der Waals surface area contributed by atoms with Crippen molar-refractivity contribution in [2.45, 2.75) is 11.7 Å². The predicted octanol–water partition coefficient (Wildman–Crippen LogP) is 1.10. The van der Waals surface area contributed by atoms with E-state index in [4.69, 9.17) is 9.47 Å². The highest BCUT2D eigenvalue weighted by Crippen LogP contribution is 2.46. The fourth-order valence-corrected chi connectivity index (χ4v) is 1.87. The van der Waals surface area contributed by atoms with Crippen LogP contribution in [0, 0.1) is 0 Å². The van der Waals surface area contributed by atoms with Crippen molar-refractivity contribution < 1.29 is 19.0 Å². The largest absolute Gasteiger partial charge is 0.467 e. The molecule has 1 aromatic rings. The number of benzene rings is 1. The molecule has 0 spiro atoms. The molecule has 1 fully saturated rings. The zero-order chi connectivity index (χ0) is 11.6. The van der Waals surface area contributed by atoms with Gasteiger partial charge in [-0.15, -0.1) is 0 Å². The second-order valence-electron chi connectivity index (χ2n) is 3.71. The zero-order valence-corrected chi connectivity index (χ0v) is 9.30. The number of carbonyl (C=O) groups is 1. The molecule has 0 radical (unpaired) electrons. The Bertz CT molecular complexity index is 376. The van der Waals surface area contributed by atoms with Crippen molar-refractivity contribution in [3.8, 4) is 0 Å². The van der Waals surface area contributed by atoms with Crippen LogP contribution in [0.25, 0.3) is 0 Å². The second kappa shape index (κ2) is 4.23. The molecule has 16 heavy (non-hydrogen) atoms. The molecular formula is C12H14O4. The van der Waals surface area contributed by atoms with Crippen LogP contribution in [0.15, 0.2) is 30.3 Å². The monoisotopic (exact) mass is 222 g/mol. The Morgan fingerprint density at radius 1 is 1.38 bits per heavy atom. The van der Waals surface area contributed by atoms with E-state index >= 15 is 0 Å². The van der Waals surface area contributed by atoms with Crippen LogP contribution in [0.3, 0.4) is 0 Å². The molecule has 2 atom stereocenters. The standard InChI is InChI=1S/C12H14O4/c1-14-8-12(9-6-4-3-5-7-9)10(16-12)11(13)15-2/h3-7,10H,8H2,1-2H3. The van der Waals surface area contributed by atoms with Gasteiger partial charge in [0.2, 0.25) is 0 Å². The third-order valence-corrected chi connectivity index (χ3v) is 2.73. The summed E-state index contributed by atoms with van der Waals surface area (Å²) in [5.74, 6) is -0.360. The van der Waals surface area contributed by atoms with Gasteiger partial charge in [0.05, 0.1) is 13.7 Å². The molecule has 0 bridgehead atoms. The van der Waals surface area contributed by atoms with Gasteiger partial charge in [-0.1, -0.05) is 30.3 Å². The number of epoxide rings is 1. The Labute approximate surface area is 94.1 Å². The van der Waals surface area contributed by atoms with Gasteiger partial charge in [-0.2, -0.15) is 0 Å². The van der Waals surface area contributed by atoms with Crippen molar-refractivity contribution >= 4 is 5.97 Å². The summed E-state index contributed by atoms with van der Waals surface area (Å²) in [6, 6.07) is 9.56. The minimum absolute atomic E-state index is 0.344. The molecule has 0 saturated carbocycles. The van der Waals surface area contributed by atoms with Crippen LogP contribution in [-0.4, -0.2) is 32.9 Å². The quantitative estimate of drug-likeness (QED) is 0.565. The first kappa shape index (κ1) is 11.1. The first-order chi connectivity index (χ1) is 7.74. The summed E-state index contributed by atoms with van der Waals surface area (Å²) in [6.45, 7) is 0.344. The highest BCUT2D eigenvalue weighted by Gasteiger charge is 2.62. The maximum Gasteiger partial charge on any atom is 0.338 e. The molecule has 0 N–H and O–H groups in total. The lowest BCUT2D eigenvalue weighted by molar-refractivity contribution is -0.142. The number of rotatable bonds is 4. The van der Waals surface area contributed by atoms with Gasteiger partial charge in [0.15, 0.2) is 11.7 Å². The molecule has 1 aliphatic heterocycles. The molecular weight excluding hydrogens is 208 g/mol. The number of carbonyl (C=O) groups excluding carboxylic acids is 1. The Hall–Kier alpha value is -1.39. The van der Waals surface area contributed by atoms with Crippen LogP contribution < -0.4 is 0 Å². The minimum Gasteiger partial charge on any atom is -0.467 e. The van der Waals surface area contributed by atoms with E-state index < -0.39 is 11.7 Å². The van der Waals surface area contributed by atoms with E-state index in [0.29, 0.717) is 6.61 Å². The smallest absolute Gasteiger partial charge is 0.338 e. The van der Waals surface area contributed by atoms with Gasteiger partial charge >= 0.3 is 5.97 Å². The topological polar surface area (TPSA) is 48.1 Å². The molecule has 1 aliphatic rings. The van der Waals surface area contributed by atoms with Gasteiger partial charge in [0.1, 0.15) is 0 Å². The Morgan fingerprint density at radius 3 is 2.62 bits per heavy atom. The maximum atomic E-state index is 11.4. The Balaban J connectivity index is 2.24. The molecule has 4 nitrogen and oxygen atoms in total. The lowest BCUT2D eigenvalue weighted by atomic mass is 9.96.